The second-order valence-electron chi connectivity index (χ2n) is 4.97. The van der Waals surface area contributed by atoms with Crippen LogP contribution < -0.4 is 5.32 Å². The molecule has 1 heterocycles. The van der Waals surface area contributed by atoms with Crippen molar-refractivity contribution in [2.75, 3.05) is 0 Å². The van der Waals surface area contributed by atoms with Crippen LogP contribution in [0.5, 0.6) is 0 Å². The molecule has 1 saturated carbocycles. The molecule has 0 spiro atoms. The lowest BCUT2D eigenvalue weighted by Gasteiger charge is -2.05. The van der Waals surface area contributed by atoms with Crippen LogP contribution in [0.4, 0.5) is 0 Å². The molecule has 1 fully saturated rings. The summed E-state index contributed by atoms with van der Waals surface area (Å²) in [4.78, 5) is 5.58. The fourth-order valence-corrected chi connectivity index (χ4v) is 2.96. The van der Waals surface area contributed by atoms with E-state index in [4.69, 9.17) is 0 Å². The van der Waals surface area contributed by atoms with Crippen LogP contribution in [0.25, 0.3) is 0 Å². The highest BCUT2D eigenvalue weighted by Gasteiger charge is 2.23. The standard InChI is InChI=1S/C15H18N2S/c1-11-17-10-15(18-11)9-16-8-12-3-2-4-14(7-12)13-5-6-13/h2-4,7,10,13,16H,5-6,8-9H2,1H3. The Balaban J connectivity index is 1.54. The average Bonchev–Trinajstić information content (AvgIpc) is 3.14. The van der Waals surface area contributed by atoms with Gasteiger partial charge >= 0.3 is 0 Å². The largest absolute Gasteiger partial charge is 0.308 e. The minimum Gasteiger partial charge on any atom is -0.308 e. The molecule has 2 nitrogen and oxygen atoms in total. The van der Waals surface area contributed by atoms with Crippen molar-refractivity contribution < 1.29 is 0 Å². The Morgan fingerprint density at radius 2 is 2.22 bits per heavy atom. The maximum Gasteiger partial charge on any atom is 0.0897 e. The fourth-order valence-electron chi connectivity index (χ4n) is 2.19. The third-order valence-electron chi connectivity index (χ3n) is 3.30. The van der Waals surface area contributed by atoms with E-state index >= 15 is 0 Å². The summed E-state index contributed by atoms with van der Waals surface area (Å²) in [6.07, 6.45) is 4.71. The Kier molecular flexibility index (Phi) is 3.43. The van der Waals surface area contributed by atoms with Crippen LogP contribution in [0.3, 0.4) is 0 Å². The van der Waals surface area contributed by atoms with Gasteiger partial charge in [0.25, 0.3) is 0 Å². The van der Waals surface area contributed by atoms with Crippen molar-refractivity contribution >= 4 is 11.3 Å². The zero-order valence-corrected chi connectivity index (χ0v) is 11.5. The summed E-state index contributed by atoms with van der Waals surface area (Å²) in [5, 5.41) is 4.63. The summed E-state index contributed by atoms with van der Waals surface area (Å²) < 4.78 is 0. The minimum absolute atomic E-state index is 0.842. The summed E-state index contributed by atoms with van der Waals surface area (Å²) in [5.41, 5.74) is 2.91. The number of thiazole rings is 1. The average molecular weight is 258 g/mol. The lowest BCUT2D eigenvalue weighted by Crippen LogP contribution is -2.11. The normalized spacial score (nSPS) is 14.9. The molecule has 2 aromatic rings. The number of benzene rings is 1. The first-order valence-corrected chi connectivity index (χ1v) is 7.34. The van der Waals surface area contributed by atoms with Crippen molar-refractivity contribution in [2.45, 2.75) is 38.8 Å². The van der Waals surface area contributed by atoms with Gasteiger partial charge in [-0.1, -0.05) is 24.3 Å². The highest BCUT2D eigenvalue weighted by atomic mass is 32.1. The Labute approximate surface area is 112 Å². The number of nitrogens with zero attached hydrogens (tertiary/aromatic N) is 1. The van der Waals surface area contributed by atoms with Gasteiger partial charge in [0.1, 0.15) is 0 Å². The molecule has 3 rings (SSSR count). The van der Waals surface area contributed by atoms with Gasteiger partial charge in [0.15, 0.2) is 0 Å². The summed E-state index contributed by atoms with van der Waals surface area (Å²) in [6, 6.07) is 8.99. The quantitative estimate of drug-likeness (QED) is 0.886. The SMILES string of the molecule is Cc1ncc(CNCc2cccc(C3CC3)c2)s1. The summed E-state index contributed by atoms with van der Waals surface area (Å²) in [5.74, 6) is 0.842. The monoisotopic (exact) mass is 258 g/mol. The van der Waals surface area contributed by atoms with E-state index < -0.39 is 0 Å². The maximum absolute atomic E-state index is 4.27. The molecular formula is C15H18N2S. The Morgan fingerprint density at radius 3 is 2.94 bits per heavy atom. The summed E-state index contributed by atoms with van der Waals surface area (Å²) >= 11 is 1.77. The first-order chi connectivity index (χ1) is 8.81. The molecule has 0 radical (unpaired) electrons. The second kappa shape index (κ2) is 5.21. The van der Waals surface area contributed by atoms with Crippen LogP contribution in [-0.2, 0) is 13.1 Å². The molecule has 0 saturated heterocycles. The Morgan fingerprint density at radius 1 is 1.33 bits per heavy atom. The summed E-state index contributed by atoms with van der Waals surface area (Å²) in [7, 11) is 0. The second-order valence-corrected chi connectivity index (χ2v) is 6.29. The van der Waals surface area contributed by atoms with Crippen molar-refractivity contribution in [3.8, 4) is 0 Å². The van der Waals surface area contributed by atoms with Crippen molar-refractivity contribution in [3.05, 3.63) is 51.5 Å². The van der Waals surface area contributed by atoms with Gasteiger partial charge in [-0.3, -0.25) is 0 Å². The molecule has 0 atom stereocenters. The Bertz CT molecular complexity index is 529. The molecular weight excluding hydrogens is 240 g/mol. The molecule has 1 aliphatic carbocycles. The van der Waals surface area contributed by atoms with Crippen molar-refractivity contribution in [2.24, 2.45) is 0 Å². The van der Waals surface area contributed by atoms with Crippen LogP contribution in [0, 0.1) is 6.92 Å². The van der Waals surface area contributed by atoms with E-state index in [1.54, 1.807) is 11.3 Å². The van der Waals surface area contributed by atoms with Crippen molar-refractivity contribution in [1.29, 1.82) is 0 Å². The lowest BCUT2D eigenvalue weighted by molar-refractivity contribution is 0.699. The van der Waals surface area contributed by atoms with Gasteiger partial charge in [-0.2, -0.15) is 0 Å². The maximum atomic E-state index is 4.27. The molecule has 1 N–H and O–H groups in total. The molecule has 1 aromatic carbocycles. The number of aromatic nitrogens is 1. The van der Waals surface area contributed by atoms with E-state index in [-0.39, 0.29) is 0 Å². The molecule has 0 bridgehead atoms. The van der Waals surface area contributed by atoms with Gasteiger partial charge in [-0.05, 0) is 36.8 Å². The molecule has 1 aliphatic rings. The molecule has 18 heavy (non-hydrogen) atoms. The predicted molar refractivity (Wildman–Crippen MR) is 75.8 cm³/mol. The van der Waals surface area contributed by atoms with Gasteiger partial charge in [0.2, 0.25) is 0 Å². The number of hydrogen-bond acceptors (Lipinski definition) is 3. The smallest absolute Gasteiger partial charge is 0.0897 e. The van der Waals surface area contributed by atoms with E-state index in [9.17, 15) is 0 Å². The van der Waals surface area contributed by atoms with Crippen LogP contribution in [0.15, 0.2) is 30.5 Å². The Hall–Kier alpha value is -1.19. The first-order valence-electron chi connectivity index (χ1n) is 6.52. The van der Waals surface area contributed by atoms with E-state index in [1.807, 2.05) is 13.1 Å². The van der Waals surface area contributed by atoms with E-state index in [0.29, 0.717) is 0 Å². The van der Waals surface area contributed by atoms with E-state index in [2.05, 4.69) is 34.6 Å². The number of nitrogens with one attached hydrogen (secondary N) is 1. The third kappa shape index (κ3) is 2.98. The van der Waals surface area contributed by atoms with Crippen LogP contribution >= 0.6 is 11.3 Å². The number of rotatable bonds is 5. The molecule has 3 heteroatoms. The van der Waals surface area contributed by atoms with Crippen LogP contribution in [-0.4, -0.2) is 4.98 Å². The van der Waals surface area contributed by atoms with Crippen molar-refractivity contribution in [3.63, 3.8) is 0 Å². The predicted octanol–water partition coefficient (Wildman–Crippen LogP) is 3.62. The third-order valence-corrected chi connectivity index (χ3v) is 4.21. The van der Waals surface area contributed by atoms with Crippen molar-refractivity contribution in [1.82, 2.24) is 10.3 Å². The minimum atomic E-state index is 0.842. The van der Waals surface area contributed by atoms with E-state index in [1.165, 1.54) is 28.8 Å². The van der Waals surface area contributed by atoms with Gasteiger partial charge in [0, 0.05) is 24.2 Å². The van der Waals surface area contributed by atoms with Crippen LogP contribution in [0.1, 0.15) is 39.8 Å². The molecule has 94 valence electrons. The number of aryl methyl sites for hydroxylation is 1. The number of hydrogen-bond donors (Lipinski definition) is 1. The highest BCUT2D eigenvalue weighted by molar-refractivity contribution is 7.11. The van der Waals surface area contributed by atoms with Gasteiger partial charge in [-0.25, -0.2) is 4.98 Å². The van der Waals surface area contributed by atoms with Gasteiger partial charge in [-0.15, -0.1) is 11.3 Å². The van der Waals surface area contributed by atoms with Crippen LogP contribution in [0.2, 0.25) is 0 Å². The lowest BCUT2D eigenvalue weighted by atomic mass is 10.1. The van der Waals surface area contributed by atoms with Gasteiger partial charge < -0.3 is 5.32 Å². The fraction of sp³-hybridized carbons (Fsp3) is 0.400. The first kappa shape index (κ1) is 11.9. The summed E-state index contributed by atoms with van der Waals surface area (Å²) in [6.45, 7) is 3.91. The highest BCUT2D eigenvalue weighted by Crippen LogP contribution is 2.40. The van der Waals surface area contributed by atoms with E-state index in [0.717, 1.165) is 24.0 Å². The topological polar surface area (TPSA) is 24.9 Å². The molecule has 1 aromatic heterocycles. The molecule has 0 aliphatic heterocycles. The zero-order valence-electron chi connectivity index (χ0n) is 10.6. The molecule has 0 unspecified atom stereocenters. The van der Waals surface area contributed by atoms with Gasteiger partial charge in [0.05, 0.1) is 5.01 Å². The molecule has 0 amide bonds. The zero-order chi connectivity index (χ0) is 12.4.